The number of nitrogens with one attached hydrogen (secondary N) is 2. The SMILES string of the molecule is CCn1cnnc1CNC(=NC)NC1CCN(c2ccc(C)cc2)C1.I. The fourth-order valence-corrected chi connectivity index (χ4v) is 3.10. The highest BCUT2D eigenvalue weighted by molar-refractivity contribution is 14.0. The summed E-state index contributed by atoms with van der Waals surface area (Å²) in [5.74, 6) is 1.72. The summed E-state index contributed by atoms with van der Waals surface area (Å²) in [6, 6.07) is 9.11. The average molecular weight is 469 g/mol. The number of benzene rings is 1. The molecule has 0 aliphatic carbocycles. The summed E-state index contributed by atoms with van der Waals surface area (Å²) < 4.78 is 2.02. The van der Waals surface area contributed by atoms with Crippen molar-refractivity contribution < 1.29 is 0 Å². The quantitative estimate of drug-likeness (QED) is 0.399. The maximum Gasteiger partial charge on any atom is 0.191 e. The maximum absolute atomic E-state index is 4.33. The fourth-order valence-electron chi connectivity index (χ4n) is 3.10. The van der Waals surface area contributed by atoms with E-state index in [-0.39, 0.29) is 24.0 Å². The van der Waals surface area contributed by atoms with Gasteiger partial charge >= 0.3 is 0 Å². The molecule has 7 nitrogen and oxygen atoms in total. The number of nitrogens with zero attached hydrogens (tertiary/aromatic N) is 5. The van der Waals surface area contributed by atoms with Crippen molar-refractivity contribution in [1.82, 2.24) is 25.4 Å². The first-order valence-electron chi connectivity index (χ1n) is 8.85. The first-order chi connectivity index (χ1) is 12.2. The minimum absolute atomic E-state index is 0. The molecule has 0 spiro atoms. The van der Waals surface area contributed by atoms with Crippen molar-refractivity contribution in [3.63, 3.8) is 0 Å². The summed E-state index contributed by atoms with van der Waals surface area (Å²) in [5.41, 5.74) is 2.58. The van der Waals surface area contributed by atoms with E-state index in [1.165, 1.54) is 11.3 Å². The van der Waals surface area contributed by atoms with Crippen molar-refractivity contribution in [2.45, 2.75) is 39.4 Å². The van der Waals surface area contributed by atoms with Gasteiger partial charge in [0.15, 0.2) is 11.8 Å². The number of rotatable bonds is 5. The van der Waals surface area contributed by atoms with Crippen LogP contribution < -0.4 is 15.5 Å². The van der Waals surface area contributed by atoms with Crippen molar-refractivity contribution in [2.24, 2.45) is 4.99 Å². The van der Waals surface area contributed by atoms with E-state index in [1.54, 1.807) is 13.4 Å². The van der Waals surface area contributed by atoms with Crippen LogP contribution in [0.4, 0.5) is 5.69 Å². The van der Waals surface area contributed by atoms with Gasteiger partial charge < -0.3 is 20.1 Å². The van der Waals surface area contributed by atoms with Crippen LogP contribution in [0.25, 0.3) is 0 Å². The molecule has 1 atom stereocenters. The zero-order chi connectivity index (χ0) is 17.6. The van der Waals surface area contributed by atoms with Crippen LogP contribution in [-0.4, -0.2) is 46.9 Å². The molecule has 2 heterocycles. The number of hydrogen-bond donors (Lipinski definition) is 2. The largest absolute Gasteiger partial charge is 0.369 e. The van der Waals surface area contributed by atoms with Crippen LogP contribution in [0.15, 0.2) is 35.6 Å². The zero-order valence-corrected chi connectivity index (χ0v) is 18.0. The Kier molecular flexibility index (Phi) is 7.67. The van der Waals surface area contributed by atoms with Crippen LogP contribution in [0.5, 0.6) is 0 Å². The van der Waals surface area contributed by atoms with E-state index in [0.29, 0.717) is 12.6 Å². The lowest BCUT2D eigenvalue weighted by Gasteiger charge is -2.20. The van der Waals surface area contributed by atoms with E-state index in [1.807, 2.05) is 4.57 Å². The molecule has 3 rings (SSSR count). The zero-order valence-electron chi connectivity index (χ0n) is 15.6. The third-order valence-electron chi connectivity index (χ3n) is 4.60. The van der Waals surface area contributed by atoms with E-state index in [9.17, 15) is 0 Å². The summed E-state index contributed by atoms with van der Waals surface area (Å²) >= 11 is 0. The van der Waals surface area contributed by atoms with Gasteiger partial charge in [0.05, 0.1) is 6.54 Å². The third-order valence-corrected chi connectivity index (χ3v) is 4.60. The molecule has 0 amide bonds. The van der Waals surface area contributed by atoms with E-state index >= 15 is 0 Å². The van der Waals surface area contributed by atoms with E-state index < -0.39 is 0 Å². The highest BCUT2D eigenvalue weighted by Crippen LogP contribution is 2.20. The molecule has 1 aromatic heterocycles. The van der Waals surface area contributed by atoms with Crippen molar-refractivity contribution in [3.05, 3.63) is 42.0 Å². The Labute approximate surface area is 172 Å². The molecule has 1 aliphatic heterocycles. The predicted octanol–water partition coefficient (Wildman–Crippen LogP) is 2.17. The van der Waals surface area contributed by atoms with Crippen LogP contribution in [-0.2, 0) is 13.1 Å². The number of aryl methyl sites for hydroxylation is 2. The Morgan fingerprint density at radius 2 is 2.08 bits per heavy atom. The lowest BCUT2D eigenvalue weighted by molar-refractivity contribution is 0.631. The Morgan fingerprint density at radius 1 is 1.31 bits per heavy atom. The lowest BCUT2D eigenvalue weighted by atomic mass is 10.2. The van der Waals surface area contributed by atoms with Gasteiger partial charge in [0.25, 0.3) is 0 Å². The number of anilines is 1. The predicted molar refractivity (Wildman–Crippen MR) is 116 cm³/mol. The highest BCUT2D eigenvalue weighted by Gasteiger charge is 2.23. The molecule has 2 N–H and O–H groups in total. The lowest BCUT2D eigenvalue weighted by Crippen LogP contribution is -2.44. The van der Waals surface area contributed by atoms with Gasteiger partial charge in [0.1, 0.15) is 6.33 Å². The van der Waals surface area contributed by atoms with Crippen molar-refractivity contribution in [1.29, 1.82) is 0 Å². The molecule has 2 aromatic rings. The van der Waals surface area contributed by atoms with E-state index in [2.05, 4.69) is 68.8 Å². The summed E-state index contributed by atoms with van der Waals surface area (Å²) in [7, 11) is 1.80. The molecule has 1 aliphatic rings. The normalized spacial score (nSPS) is 17.1. The number of hydrogen-bond acceptors (Lipinski definition) is 4. The summed E-state index contributed by atoms with van der Waals surface area (Å²) in [6.45, 7) is 7.72. The fraction of sp³-hybridized carbons (Fsp3) is 0.500. The number of aromatic nitrogens is 3. The maximum atomic E-state index is 4.33. The summed E-state index contributed by atoms with van der Waals surface area (Å²) in [6.07, 6.45) is 2.85. The number of guanidine groups is 1. The second kappa shape index (κ2) is 9.75. The first-order valence-corrected chi connectivity index (χ1v) is 8.85. The molecule has 8 heteroatoms. The van der Waals surface area contributed by atoms with Crippen molar-refractivity contribution >= 4 is 35.6 Å². The van der Waals surface area contributed by atoms with Gasteiger partial charge in [-0.2, -0.15) is 0 Å². The van der Waals surface area contributed by atoms with Crippen LogP contribution in [0.2, 0.25) is 0 Å². The molecule has 1 aromatic carbocycles. The van der Waals surface area contributed by atoms with Crippen LogP contribution in [0.1, 0.15) is 24.7 Å². The molecule has 1 saturated heterocycles. The average Bonchev–Trinajstić information content (AvgIpc) is 3.28. The smallest absolute Gasteiger partial charge is 0.191 e. The topological polar surface area (TPSA) is 70.4 Å². The number of halogens is 1. The Morgan fingerprint density at radius 3 is 2.77 bits per heavy atom. The molecule has 0 bridgehead atoms. The standard InChI is InChI=1S/C18H27N7.HI/c1-4-24-13-21-23-17(24)11-20-18(19-3)22-15-9-10-25(12-15)16-7-5-14(2)6-8-16;/h5-8,13,15H,4,9-12H2,1-3H3,(H2,19,20,22);1H. The number of aliphatic imine (C=N–C) groups is 1. The monoisotopic (exact) mass is 469 g/mol. The Bertz CT molecular complexity index is 711. The minimum Gasteiger partial charge on any atom is -0.369 e. The van der Waals surface area contributed by atoms with Gasteiger partial charge in [-0.15, -0.1) is 34.2 Å². The van der Waals surface area contributed by atoms with Crippen molar-refractivity contribution in [2.75, 3.05) is 25.0 Å². The molecular formula is C18H28IN7. The van der Waals surface area contributed by atoms with Gasteiger partial charge in [0.2, 0.25) is 0 Å². The van der Waals surface area contributed by atoms with Gasteiger partial charge in [0, 0.05) is 38.4 Å². The molecule has 1 fully saturated rings. The Hall–Kier alpha value is -1.84. The van der Waals surface area contributed by atoms with E-state index in [4.69, 9.17) is 0 Å². The third kappa shape index (κ3) is 5.09. The minimum atomic E-state index is 0. The summed E-state index contributed by atoms with van der Waals surface area (Å²) in [5, 5.41) is 14.9. The van der Waals surface area contributed by atoms with Crippen LogP contribution >= 0.6 is 24.0 Å². The Balaban J connectivity index is 0.00000243. The molecule has 0 saturated carbocycles. The molecule has 0 radical (unpaired) electrons. The molecule has 142 valence electrons. The van der Waals surface area contributed by atoms with Crippen LogP contribution in [0, 0.1) is 6.92 Å². The highest BCUT2D eigenvalue weighted by atomic mass is 127. The van der Waals surface area contributed by atoms with Gasteiger partial charge in [-0.05, 0) is 32.4 Å². The first kappa shape index (κ1) is 20.5. The molecule has 1 unspecified atom stereocenters. The second-order valence-corrected chi connectivity index (χ2v) is 6.37. The molecule has 26 heavy (non-hydrogen) atoms. The van der Waals surface area contributed by atoms with Crippen molar-refractivity contribution in [3.8, 4) is 0 Å². The molecular weight excluding hydrogens is 441 g/mol. The summed E-state index contributed by atoms with van der Waals surface area (Å²) in [4.78, 5) is 6.75. The van der Waals surface area contributed by atoms with Crippen LogP contribution in [0.3, 0.4) is 0 Å². The van der Waals surface area contributed by atoms with E-state index in [0.717, 1.165) is 37.8 Å². The van der Waals surface area contributed by atoms with Gasteiger partial charge in [-0.3, -0.25) is 4.99 Å². The van der Waals surface area contributed by atoms with Gasteiger partial charge in [-0.1, -0.05) is 17.7 Å². The second-order valence-electron chi connectivity index (χ2n) is 6.37. The van der Waals surface area contributed by atoms with Gasteiger partial charge in [-0.25, -0.2) is 0 Å².